The van der Waals surface area contributed by atoms with E-state index in [0.717, 1.165) is 12.8 Å². The summed E-state index contributed by atoms with van der Waals surface area (Å²) in [5, 5.41) is 6.10. The lowest BCUT2D eigenvalue weighted by molar-refractivity contribution is 0.0303. The number of anilines is 1. The molecule has 0 unspecified atom stereocenters. The first-order valence-corrected chi connectivity index (χ1v) is 10.5. The quantitative estimate of drug-likeness (QED) is 0.827. The highest BCUT2D eigenvalue weighted by Crippen LogP contribution is 2.33. The first kappa shape index (κ1) is 20.6. The van der Waals surface area contributed by atoms with Gasteiger partial charge in [-0.3, -0.25) is 4.79 Å². The van der Waals surface area contributed by atoms with Crippen LogP contribution in [0.25, 0.3) is 0 Å². The summed E-state index contributed by atoms with van der Waals surface area (Å²) in [6.45, 7) is 8.97. The summed E-state index contributed by atoms with van der Waals surface area (Å²) in [5.41, 5.74) is 1.08. The molecule has 1 aliphatic heterocycles. The Bertz CT molecular complexity index is 685. The van der Waals surface area contributed by atoms with Gasteiger partial charge in [0.1, 0.15) is 0 Å². The minimum Gasteiger partial charge on any atom is -0.378 e. The monoisotopic (exact) mass is 387 g/mol. The minimum atomic E-state index is -0.230. The van der Waals surface area contributed by atoms with Gasteiger partial charge in [-0.05, 0) is 42.7 Å². The van der Waals surface area contributed by atoms with Crippen molar-refractivity contribution in [1.29, 1.82) is 0 Å². The Morgan fingerprint density at radius 3 is 2.57 bits per heavy atom. The molecule has 1 heterocycles. The second kappa shape index (κ2) is 9.41. The Morgan fingerprint density at radius 1 is 1.14 bits per heavy atom. The van der Waals surface area contributed by atoms with Gasteiger partial charge >= 0.3 is 6.03 Å². The van der Waals surface area contributed by atoms with Crippen LogP contribution in [0.3, 0.4) is 0 Å². The van der Waals surface area contributed by atoms with Crippen molar-refractivity contribution in [2.45, 2.75) is 46.1 Å². The van der Waals surface area contributed by atoms with Crippen LogP contribution in [0.1, 0.15) is 50.4 Å². The average Bonchev–Trinajstić information content (AvgIpc) is 2.68. The number of benzene rings is 1. The zero-order chi connectivity index (χ0) is 20.1. The molecule has 1 aliphatic carbocycles. The molecule has 3 rings (SSSR count). The van der Waals surface area contributed by atoms with Gasteiger partial charge in [-0.15, -0.1) is 0 Å². The van der Waals surface area contributed by atoms with Crippen molar-refractivity contribution in [2.24, 2.45) is 17.8 Å². The van der Waals surface area contributed by atoms with Gasteiger partial charge in [0.15, 0.2) is 0 Å². The predicted molar refractivity (Wildman–Crippen MR) is 110 cm³/mol. The molecule has 0 bridgehead atoms. The Kier molecular flexibility index (Phi) is 6.94. The van der Waals surface area contributed by atoms with E-state index >= 15 is 0 Å². The highest BCUT2D eigenvalue weighted by molar-refractivity contribution is 6.03. The van der Waals surface area contributed by atoms with Gasteiger partial charge in [-0.2, -0.15) is 0 Å². The Morgan fingerprint density at radius 2 is 1.86 bits per heavy atom. The van der Waals surface area contributed by atoms with Crippen molar-refractivity contribution in [1.82, 2.24) is 10.2 Å². The SMILES string of the molecule is CC(C)[C@H]1CC[C@@H](C)C[C@H]1NC(=O)Nc1ccccc1C(=O)N1CCOCC1. The van der Waals surface area contributed by atoms with Crippen molar-refractivity contribution in [3.05, 3.63) is 29.8 Å². The van der Waals surface area contributed by atoms with Crippen molar-refractivity contribution < 1.29 is 14.3 Å². The van der Waals surface area contributed by atoms with Gasteiger partial charge < -0.3 is 20.3 Å². The molecule has 0 spiro atoms. The van der Waals surface area contributed by atoms with Crippen LogP contribution >= 0.6 is 0 Å². The van der Waals surface area contributed by atoms with E-state index in [1.807, 2.05) is 12.1 Å². The first-order valence-electron chi connectivity index (χ1n) is 10.5. The number of hydrogen-bond donors (Lipinski definition) is 2. The number of carbonyl (C=O) groups excluding carboxylic acids is 2. The smallest absolute Gasteiger partial charge is 0.319 e. The summed E-state index contributed by atoms with van der Waals surface area (Å²) in [7, 11) is 0. The number of nitrogens with one attached hydrogen (secondary N) is 2. The van der Waals surface area contributed by atoms with Crippen LogP contribution in [0.5, 0.6) is 0 Å². The van der Waals surface area contributed by atoms with Gasteiger partial charge in [0, 0.05) is 19.1 Å². The fourth-order valence-corrected chi connectivity index (χ4v) is 4.41. The van der Waals surface area contributed by atoms with Crippen LogP contribution in [0.2, 0.25) is 0 Å². The molecule has 2 aliphatic rings. The lowest BCUT2D eigenvalue weighted by atomic mass is 9.74. The Labute approximate surface area is 168 Å². The topological polar surface area (TPSA) is 70.7 Å². The zero-order valence-corrected chi connectivity index (χ0v) is 17.2. The highest BCUT2D eigenvalue weighted by Gasteiger charge is 2.32. The van der Waals surface area contributed by atoms with Crippen molar-refractivity contribution in [3.8, 4) is 0 Å². The molecule has 3 amide bonds. The van der Waals surface area contributed by atoms with E-state index in [-0.39, 0.29) is 18.0 Å². The van der Waals surface area contributed by atoms with E-state index in [1.54, 1.807) is 17.0 Å². The zero-order valence-electron chi connectivity index (χ0n) is 17.2. The van der Waals surface area contributed by atoms with Crippen LogP contribution < -0.4 is 10.6 Å². The second-order valence-electron chi connectivity index (χ2n) is 8.48. The molecular weight excluding hydrogens is 354 g/mol. The Balaban J connectivity index is 1.67. The van der Waals surface area contributed by atoms with Crippen LogP contribution in [-0.2, 0) is 4.74 Å². The van der Waals surface area contributed by atoms with E-state index in [0.29, 0.717) is 55.3 Å². The number of urea groups is 1. The average molecular weight is 388 g/mol. The third-order valence-corrected chi connectivity index (χ3v) is 6.04. The summed E-state index contributed by atoms with van der Waals surface area (Å²) in [6, 6.07) is 7.17. The number of morpholine rings is 1. The molecular formula is C22H33N3O3. The maximum Gasteiger partial charge on any atom is 0.319 e. The number of carbonyl (C=O) groups is 2. The maximum absolute atomic E-state index is 12.9. The lowest BCUT2D eigenvalue weighted by Crippen LogP contribution is -2.47. The van der Waals surface area contributed by atoms with E-state index in [4.69, 9.17) is 4.74 Å². The van der Waals surface area contributed by atoms with Gasteiger partial charge in [-0.1, -0.05) is 39.3 Å². The van der Waals surface area contributed by atoms with Gasteiger partial charge in [0.25, 0.3) is 5.91 Å². The van der Waals surface area contributed by atoms with Crippen molar-refractivity contribution in [2.75, 3.05) is 31.6 Å². The molecule has 1 aromatic carbocycles. The van der Waals surface area contributed by atoms with Crippen LogP contribution in [-0.4, -0.2) is 49.2 Å². The molecule has 6 heteroatoms. The highest BCUT2D eigenvalue weighted by atomic mass is 16.5. The molecule has 1 aromatic rings. The minimum absolute atomic E-state index is 0.0643. The molecule has 2 N–H and O–H groups in total. The summed E-state index contributed by atoms with van der Waals surface area (Å²) in [4.78, 5) is 27.4. The number of para-hydroxylation sites is 1. The second-order valence-corrected chi connectivity index (χ2v) is 8.48. The van der Waals surface area contributed by atoms with Crippen LogP contribution in [0, 0.1) is 17.8 Å². The van der Waals surface area contributed by atoms with Crippen molar-refractivity contribution >= 4 is 17.6 Å². The number of rotatable bonds is 4. The van der Waals surface area contributed by atoms with Gasteiger partial charge in [-0.25, -0.2) is 4.79 Å². The molecule has 28 heavy (non-hydrogen) atoms. The van der Waals surface area contributed by atoms with E-state index in [1.165, 1.54) is 6.42 Å². The molecule has 0 aromatic heterocycles. The number of nitrogens with zero attached hydrogens (tertiary/aromatic N) is 1. The standard InChI is InChI=1S/C22H33N3O3/c1-15(2)17-9-8-16(3)14-20(17)24-22(27)23-19-7-5-4-6-18(19)21(26)25-10-12-28-13-11-25/h4-7,15-17,20H,8-14H2,1-3H3,(H2,23,24,27)/t16-,17-,20-/m1/s1. The molecule has 1 saturated heterocycles. The maximum atomic E-state index is 12.9. The normalized spacial score (nSPS) is 25.4. The van der Waals surface area contributed by atoms with Gasteiger partial charge in [0.05, 0.1) is 24.5 Å². The first-order chi connectivity index (χ1) is 13.5. The number of ether oxygens (including phenoxy) is 1. The summed E-state index contributed by atoms with van der Waals surface area (Å²) < 4.78 is 5.33. The summed E-state index contributed by atoms with van der Waals surface area (Å²) in [6.07, 6.45) is 3.38. The van der Waals surface area contributed by atoms with E-state index < -0.39 is 0 Å². The molecule has 6 nitrogen and oxygen atoms in total. The van der Waals surface area contributed by atoms with E-state index in [9.17, 15) is 9.59 Å². The fourth-order valence-electron chi connectivity index (χ4n) is 4.41. The summed E-state index contributed by atoms with van der Waals surface area (Å²) in [5.74, 6) is 1.58. The van der Waals surface area contributed by atoms with Gasteiger partial charge in [0.2, 0.25) is 0 Å². The summed E-state index contributed by atoms with van der Waals surface area (Å²) >= 11 is 0. The van der Waals surface area contributed by atoms with Crippen LogP contribution in [0.15, 0.2) is 24.3 Å². The molecule has 0 radical (unpaired) electrons. The lowest BCUT2D eigenvalue weighted by Gasteiger charge is -2.37. The third kappa shape index (κ3) is 5.04. The van der Waals surface area contributed by atoms with Crippen molar-refractivity contribution in [3.63, 3.8) is 0 Å². The molecule has 1 saturated carbocycles. The predicted octanol–water partition coefficient (Wildman–Crippen LogP) is 3.74. The number of hydrogen-bond acceptors (Lipinski definition) is 3. The Hall–Kier alpha value is -2.08. The molecule has 2 fully saturated rings. The third-order valence-electron chi connectivity index (χ3n) is 6.04. The number of amides is 3. The fraction of sp³-hybridized carbons (Fsp3) is 0.636. The largest absolute Gasteiger partial charge is 0.378 e. The molecule has 3 atom stereocenters. The molecule has 154 valence electrons. The van der Waals surface area contributed by atoms with Crippen LogP contribution in [0.4, 0.5) is 10.5 Å². The van der Waals surface area contributed by atoms with E-state index in [2.05, 4.69) is 31.4 Å².